The first-order valence-corrected chi connectivity index (χ1v) is 9.66. The van der Waals surface area contributed by atoms with E-state index in [1.807, 2.05) is 19.1 Å². The molecule has 0 amide bonds. The normalized spacial score (nSPS) is 27.3. The van der Waals surface area contributed by atoms with Crippen LogP contribution in [0.3, 0.4) is 0 Å². The molecular weight excluding hydrogens is 314 g/mol. The maximum atomic E-state index is 12.4. The van der Waals surface area contributed by atoms with Crippen molar-refractivity contribution < 1.29 is 12.8 Å². The van der Waals surface area contributed by atoms with Gasteiger partial charge in [-0.05, 0) is 50.3 Å². The Hall–Kier alpha value is -0.890. The fourth-order valence-electron chi connectivity index (χ4n) is 3.89. The van der Waals surface area contributed by atoms with E-state index in [2.05, 4.69) is 4.90 Å². The molecule has 23 heavy (non-hydrogen) atoms. The third-order valence-corrected chi connectivity index (χ3v) is 6.99. The lowest BCUT2D eigenvalue weighted by molar-refractivity contribution is 0.0874. The highest BCUT2D eigenvalue weighted by atomic mass is 32.2. The van der Waals surface area contributed by atoms with E-state index in [1.165, 1.54) is 4.31 Å². The van der Waals surface area contributed by atoms with Gasteiger partial charge >= 0.3 is 0 Å². The minimum absolute atomic E-state index is 0.100. The first kappa shape index (κ1) is 17.0. The number of piperidine rings is 1. The summed E-state index contributed by atoms with van der Waals surface area (Å²) in [4.78, 5) is 2.41. The quantitative estimate of drug-likeness (QED) is 0.836. The first-order valence-electron chi connectivity index (χ1n) is 8.26. The second-order valence-corrected chi connectivity index (χ2v) is 9.34. The van der Waals surface area contributed by atoms with Gasteiger partial charge in [0.2, 0.25) is 0 Å². The van der Waals surface area contributed by atoms with Crippen LogP contribution in [0.2, 0.25) is 0 Å². The maximum absolute atomic E-state index is 12.4. The molecule has 1 aromatic heterocycles. The van der Waals surface area contributed by atoms with Crippen molar-refractivity contribution >= 4 is 10.2 Å². The molecule has 2 aliphatic rings. The first-order chi connectivity index (χ1) is 10.8. The molecule has 0 aromatic carbocycles. The van der Waals surface area contributed by atoms with Crippen LogP contribution in [0.5, 0.6) is 0 Å². The van der Waals surface area contributed by atoms with Crippen LogP contribution in [0.25, 0.3) is 0 Å². The van der Waals surface area contributed by atoms with Crippen molar-refractivity contribution in [3.63, 3.8) is 0 Å². The Morgan fingerprint density at radius 3 is 2.65 bits per heavy atom. The number of likely N-dealkylation sites (tertiary alicyclic amines) is 1. The molecule has 3 rings (SSSR count). The van der Waals surface area contributed by atoms with E-state index in [0.717, 1.165) is 50.4 Å². The van der Waals surface area contributed by atoms with Gasteiger partial charge in [0.25, 0.3) is 10.2 Å². The zero-order valence-electron chi connectivity index (χ0n) is 14.3. The van der Waals surface area contributed by atoms with E-state index >= 15 is 0 Å². The third kappa shape index (κ3) is 3.47. The molecule has 0 N–H and O–H groups in total. The SMILES string of the molecule is Cc1ccc(CN2CCC[C@]3(CCN(S(=O)(=O)N(C)C)C3)C2)o1. The molecule has 1 aromatic rings. The highest BCUT2D eigenvalue weighted by molar-refractivity contribution is 7.86. The molecule has 2 aliphatic heterocycles. The summed E-state index contributed by atoms with van der Waals surface area (Å²) < 4.78 is 33.4. The van der Waals surface area contributed by atoms with Crippen LogP contribution in [0.1, 0.15) is 30.8 Å². The Labute approximate surface area is 139 Å². The Bertz CT molecular complexity index is 655. The van der Waals surface area contributed by atoms with E-state index in [9.17, 15) is 8.42 Å². The summed E-state index contributed by atoms with van der Waals surface area (Å²) in [7, 11) is -0.0876. The van der Waals surface area contributed by atoms with Crippen molar-refractivity contribution in [2.45, 2.75) is 32.7 Å². The van der Waals surface area contributed by atoms with Crippen molar-refractivity contribution in [2.75, 3.05) is 40.3 Å². The van der Waals surface area contributed by atoms with Crippen molar-refractivity contribution in [3.05, 3.63) is 23.7 Å². The van der Waals surface area contributed by atoms with Crippen molar-refractivity contribution in [2.24, 2.45) is 5.41 Å². The molecule has 3 heterocycles. The predicted octanol–water partition coefficient (Wildman–Crippen LogP) is 1.68. The van der Waals surface area contributed by atoms with Crippen LogP contribution in [0.4, 0.5) is 0 Å². The number of nitrogens with zero attached hydrogens (tertiary/aromatic N) is 3. The van der Waals surface area contributed by atoms with Crippen LogP contribution in [-0.4, -0.2) is 62.2 Å². The molecular formula is C16H27N3O3S. The van der Waals surface area contributed by atoms with Crippen molar-refractivity contribution in [1.29, 1.82) is 0 Å². The standard InChI is InChI=1S/C16H27N3O3S/c1-14-5-6-15(22-14)11-18-9-4-7-16(12-18)8-10-19(13-16)23(20,21)17(2)3/h5-6H,4,7-13H2,1-3H3/t16-/m0/s1. The fourth-order valence-corrected chi connectivity index (χ4v) is 5.11. The fraction of sp³-hybridized carbons (Fsp3) is 0.750. The largest absolute Gasteiger partial charge is 0.465 e. The lowest BCUT2D eigenvalue weighted by atomic mass is 9.79. The van der Waals surface area contributed by atoms with Crippen LogP contribution in [-0.2, 0) is 16.8 Å². The van der Waals surface area contributed by atoms with Gasteiger partial charge in [-0.3, -0.25) is 4.90 Å². The summed E-state index contributed by atoms with van der Waals surface area (Å²) in [6.45, 7) is 6.06. The zero-order chi connectivity index (χ0) is 16.7. The van der Waals surface area contributed by atoms with Crippen molar-refractivity contribution in [1.82, 2.24) is 13.5 Å². The zero-order valence-corrected chi connectivity index (χ0v) is 15.1. The molecule has 0 bridgehead atoms. The lowest BCUT2D eigenvalue weighted by Gasteiger charge is -2.40. The van der Waals surface area contributed by atoms with Crippen molar-refractivity contribution in [3.8, 4) is 0 Å². The number of rotatable bonds is 4. The second kappa shape index (κ2) is 6.20. The third-order valence-electron chi connectivity index (χ3n) is 5.11. The van der Waals surface area contributed by atoms with Gasteiger partial charge in [-0.2, -0.15) is 17.0 Å². The van der Waals surface area contributed by atoms with E-state index in [0.29, 0.717) is 13.1 Å². The smallest absolute Gasteiger partial charge is 0.281 e. The predicted molar refractivity (Wildman–Crippen MR) is 89.2 cm³/mol. The maximum Gasteiger partial charge on any atom is 0.281 e. The summed E-state index contributed by atoms with van der Waals surface area (Å²) in [6.07, 6.45) is 3.18. The second-order valence-electron chi connectivity index (χ2n) is 7.20. The van der Waals surface area contributed by atoms with Gasteiger partial charge < -0.3 is 4.42 Å². The highest BCUT2D eigenvalue weighted by Crippen LogP contribution is 2.40. The van der Waals surface area contributed by atoms with Crippen LogP contribution >= 0.6 is 0 Å². The molecule has 0 unspecified atom stereocenters. The van der Waals surface area contributed by atoms with E-state index in [4.69, 9.17) is 4.42 Å². The molecule has 0 aliphatic carbocycles. The number of hydrogen-bond acceptors (Lipinski definition) is 4. The molecule has 1 spiro atoms. The highest BCUT2D eigenvalue weighted by Gasteiger charge is 2.45. The summed E-state index contributed by atoms with van der Waals surface area (Å²) in [5.41, 5.74) is 0.100. The molecule has 0 radical (unpaired) electrons. The average molecular weight is 341 g/mol. The average Bonchev–Trinajstić information content (AvgIpc) is 3.06. The monoisotopic (exact) mass is 341 g/mol. The van der Waals surface area contributed by atoms with Gasteiger partial charge in [0.15, 0.2) is 0 Å². The van der Waals surface area contributed by atoms with Gasteiger partial charge in [-0.15, -0.1) is 0 Å². The Balaban J connectivity index is 1.66. The van der Waals surface area contributed by atoms with Crippen LogP contribution in [0.15, 0.2) is 16.5 Å². The van der Waals surface area contributed by atoms with Gasteiger partial charge in [0.1, 0.15) is 11.5 Å². The number of aryl methyl sites for hydroxylation is 1. The summed E-state index contributed by atoms with van der Waals surface area (Å²) in [5, 5.41) is 0. The van der Waals surface area contributed by atoms with E-state index < -0.39 is 10.2 Å². The molecule has 130 valence electrons. The summed E-state index contributed by atoms with van der Waals surface area (Å²) >= 11 is 0. The van der Waals surface area contributed by atoms with Gasteiger partial charge in [0.05, 0.1) is 6.54 Å². The summed E-state index contributed by atoms with van der Waals surface area (Å²) in [6, 6.07) is 4.03. The molecule has 2 fully saturated rings. The molecule has 1 atom stereocenters. The van der Waals surface area contributed by atoms with E-state index in [-0.39, 0.29) is 5.41 Å². The summed E-state index contributed by atoms with van der Waals surface area (Å²) in [5.74, 6) is 1.94. The molecule has 7 heteroatoms. The van der Waals surface area contributed by atoms with Gasteiger partial charge in [-0.25, -0.2) is 0 Å². The minimum atomic E-state index is -3.30. The molecule has 0 saturated carbocycles. The Morgan fingerprint density at radius 2 is 2.00 bits per heavy atom. The van der Waals surface area contributed by atoms with Crippen LogP contribution in [0, 0.1) is 12.3 Å². The van der Waals surface area contributed by atoms with Crippen LogP contribution < -0.4 is 0 Å². The minimum Gasteiger partial charge on any atom is -0.465 e. The van der Waals surface area contributed by atoms with Gasteiger partial charge in [-0.1, -0.05) is 0 Å². The number of furan rings is 1. The lowest BCUT2D eigenvalue weighted by Crippen LogP contribution is -2.46. The number of hydrogen-bond donors (Lipinski definition) is 0. The molecule has 2 saturated heterocycles. The molecule has 6 nitrogen and oxygen atoms in total. The topological polar surface area (TPSA) is 57.0 Å². The Morgan fingerprint density at radius 1 is 1.22 bits per heavy atom. The Kier molecular flexibility index (Phi) is 4.57. The van der Waals surface area contributed by atoms with Gasteiger partial charge in [0, 0.05) is 33.7 Å². The van der Waals surface area contributed by atoms with E-state index in [1.54, 1.807) is 18.4 Å².